The molecule has 0 saturated heterocycles. The monoisotopic (exact) mass is 376 g/mol. The molecule has 144 valence electrons. The maximum Gasteiger partial charge on any atom is 0.339 e. The van der Waals surface area contributed by atoms with Crippen LogP contribution in [0.4, 0.5) is 0 Å². The largest absolute Gasteiger partial charge is 0.507 e. The fourth-order valence-electron chi connectivity index (χ4n) is 3.26. The van der Waals surface area contributed by atoms with Gasteiger partial charge in [0.15, 0.2) is 0 Å². The molecule has 0 aromatic heterocycles. The van der Waals surface area contributed by atoms with Crippen LogP contribution in [0.1, 0.15) is 46.5 Å². The number of aryl methyl sites for hydroxylation is 1. The first-order valence-corrected chi connectivity index (χ1v) is 9.13. The standard InChI is InChI=1S/C24H24O4/c1-16-12-19(24(2,3)18-9-5-4-6-10-18)14-20(13-16)28-15-17-8-7-11-21(22(17)25)23(26)27/h4-14,25H,15H2,1-3H3,(H,26,27). The maximum absolute atomic E-state index is 11.2. The first-order valence-electron chi connectivity index (χ1n) is 9.13. The summed E-state index contributed by atoms with van der Waals surface area (Å²) >= 11 is 0. The molecule has 0 heterocycles. The second kappa shape index (κ2) is 7.77. The summed E-state index contributed by atoms with van der Waals surface area (Å²) in [4.78, 5) is 11.2. The van der Waals surface area contributed by atoms with Crippen molar-refractivity contribution in [3.05, 3.63) is 94.5 Å². The summed E-state index contributed by atoms with van der Waals surface area (Å²) in [6, 6.07) is 21.0. The zero-order valence-corrected chi connectivity index (χ0v) is 16.3. The Labute approximate surface area is 165 Å². The number of carboxylic acid groups (broad SMARTS) is 1. The third kappa shape index (κ3) is 4.01. The molecule has 3 aromatic rings. The molecule has 4 heteroatoms. The second-order valence-electron chi connectivity index (χ2n) is 7.43. The molecule has 0 atom stereocenters. The van der Waals surface area contributed by atoms with Gasteiger partial charge in [0.1, 0.15) is 23.7 Å². The lowest BCUT2D eigenvalue weighted by atomic mass is 9.77. The van der Waals surface area contributed by atoms with Crippen molar-refractivity contribution in [1.82, 2.24) is 0 Å². The Morgan fingerprint density at radius 3 is 2.36 bits per heavy atom. The maximum atomic E-state index is 11.2. The molecule has 0 aliphatic heterocycles. The van der Waals surface area contributed by atoms with Crippen molar-refractivity contribution in [1.29, 1.82) is 0 Å². The van der Waals surface area contributed by atoms with Crippen LogP contribution in [0, 0.1) is 6.92 Å². The fourth-order valence-corrected chi connectivity index (χ4v) is 3.26. The number of aromatic hydroxyl groups is 1. The van der Waals surface area contributed by atoms with E-state index in [1.165, 1.54) is 11.6 Å². The normalized spacial score (nSPS) is 11.2. The quantitative estimate of drug-likeness (QED) is 0.612. The van der Waals surface area contributed by atoms with Gasteiger partial charge in [-0.3, -0.25) is 0 Å². The molecule has 0 unspecified atom stereocenters. The highest BCUT2D eigenvalue weighted by atomic mass is 16.5. The van der Waals surface area contributed by atoms with E-state index in [2.05, 4.69) is 32.0 Å². The highest BCUT2D eigenvalue weighted by molar-refractivity contribution is 5.91. The SMILES string of the molecule is Cc1cc(OCc2cccc(C(=O)O)c2O)cc(C(C)(C)c2ccccc2)c1. The summed E-state index contributed by atoms with van der Waals surface area (Å²) in [7, 11) is 0. The van der Waals surface area contributed by atoms with Crippen LogP contribution >= 0.6 is 0 Å². The number of para-hydroxylation sites is 1. The summed E-state index contributed by atoms with van der Waals surface area (Å²) in [6.45, 7) is 6.44. The summed E-state index contributed by atoms with van der Waals surface area (Å²) in [5, 5.41) is 19.3. The number of benzene rings is 3. The second-order valence-corrected chi connectivity index (χ2v) is 7.43. The molecule has 3 aromatic carbocycles. The van der Waals surface area contributed by atoms with Gasteiger partial charge in [-0.25, -0.2) is 4.79 Å². The molecule has 0 saturated carbocycles. The van der Waals surface area contributed by atoms with E-state index in [4.69, 9.17) is 9.84 Å². The number of hydrogen-bond donors (Lipinski definition) is 2. The lowest BCUT2D eigenvalue weighted by molar-refractivity contribution is 0.0693. The topological polar surface area (TPSA) is 66.8 Å². The number of ether oxygens (including phenoxy) is 1. The van der Waals surface area contributed by atoms with Gasteiger partial charge in [0.2, 0.25) is 0 Å². The summed E-state index contributed by atoms with van der Waals surface area (Å²) in [5.41, 5.74) is 3.51. The molecular weight excluding hydrogens is 352 g/mol. The van der Waals surface area contributed by atoms with E-state index in [1.54, 1.807) is 12.1 Å². The van der Waals surface area contributed by atoms with Crippen LogP contribution in [-0.2, 0) is 12.0 Å². The van der Waals surface area contributed by atoms with Crippen molar-refractivity contribution < 1.29 is 19.7 Å². The first kappa shape index (κ1) is 19.5. The molecule has 0 aliphatic carbocycles. The highest BCUT2D eigenvalue weighted by Crippen LogP contribution is 2.34. The minimum Gasteiger partial charge on any atom is -0.507 e. The van der Waals surface area contributed by atoms with E-state index in [9.17, 15) is 9.90 Å². The Kier molecular flexibility index (Phi) is 5.41. The van der Waals surface area contributed by atoms with E-state index in [0.29, 0.717) is 11.3 Å². The van der Waals surface area contributed by atoms with Crippen LogP contribution < -0.4 is 4.74 Å². The molecule has 2 N–H and O–H groups in total. The molecule has 28 heavy (non-hydrogen) atoms. The molecule has 3 rings (SSSR count). The van der Waals surface area contributed by atoms with Gasteiger partial charge in [-0.2, -0.15) is 0 Å². The van der Waals surface area contributed by atoms with Crippen molar-refractivity contribution in [2.45, 2.75) is 32.8 Å². The molecule has 0 amide bonds. The molecule has 0 spiro atoms. The Morgan fingerprint density at radius 1 is 0.964 bits per heavy atom. The van der Waals surface area contributed by atoms with Crippen LogP contribution in [-0.4, -0.2) is 16.2 Å². The van der Waals surface area contributed by atoms with Gasteiger partial charge in [0.25, 0.3) is 0 Å². The van der Waals surface area contributed by atoms with Gasteiger partial charge in [0, 0.05) is 11.0 Å². The fraction of sp³-hybridized carbons (Fsp3) is 0.208. The molecule has 0 radical (unpaired) electrons. The van der Waals surface area contributed by atoms with Crippen molar-refractivity contribution in [2.75, 3.05) is 0 Å². The predicted molar refractivity (Wildman–Crippen MR) is 109 cm³/mol. The zero-order valence-electron chi connectivity index (χ0n) is 16.3. The smallest absolute Gasteiger partial charge is 0.339 e. The third-order valence-electron chi connectivity index (χ3n) is 5.01. The van der Waals surface area contributed by atoms with E-state index < -0.39 is 5.97 Å². The van der Waals surface area contributed by atoms with Gasteiger partial charge in [-0.05, 0) is 41.8 Å². The number of rotatable bonds is 6. The minimum atomic E-state index is -1.16. The minimum absolute atomic E-state index is 0.0849. The van der Waals surface area contributed by atoms with Gasteiger partial charge >= 0.3 is 5.97 Å². The van der Waals surface area contributed by atoms with Gasteiger partial charge < -0.3 is 14.9 Å². The summed E-state index contributed by atoms with van der Waals surface area (Å²) < 4.78 is 5.91. The Morgan fingerprint density at radius 2 is 1.68 bits per heavy atom. The van der Waals surface area contributed by atoms with Crippen molar-refractivity contribution >= 4 is 5.97 Å². The average Bonchev–Trinajstić information content (AvgIpc) is 2.67. The third-order valence-corrected chi connectivity index (χ3v) is 5.01. The van der Waals surface area contributed by atoms with Crippen molar-refractivity contribution in [3.63, 3.8) is 0 Å². The van der Waals surface area contributed by atoms with Crippen molar-refractivity contribution in [3.8, 4) is 11.5 Å². The number of phenols is 1. The van der Waals surface area contributed by atoms with Crippen LogP contribution in [0.5, 0.6) is 11.5 Å². The summed E-state index contributed by atoms with van der Waals surface area (Å²) in [5.74, 6) is -0.742. The Balaban J connectivity index is 1.87. The summed E-state index contributed by atoms with van der Waals surface area (Å²) in [6.07, 6.45) is 0. The van der Waals surface area contributed by atoms with E-state index in [0.717, 1.165) is 11.1 Å². The van der Waals surface area contributed by atoms with E-state index in [-0.39, 0.29) is 23.3 Å². The predicted octanol–water partition coefficient (Wildman–Crippen LogP) is 5.30. The molecule has 4 nitrogen and oxygen atoms in total. The highest BCUT2D eigenvalue weighted by Gasteiger charge is 2.24. The average molecular weight is 376 g/mol. The number of carbonyl (C=O) groups is 1. The van der Waals surface area contributed by atoms with Crippen LogP contribution in [0.15, 0.2) is 66.7 Å². The van der Waals surface area contributed by atoms with Gasteiger partial charge in [-0.1, -0.05) is 62.4 Å². The Bertz CT molecular complexity index is 991. The molecule has 0 aliphatic rings. The first-order chi connectivity index (χ1) is 13.3. The van der Waals surface area contributed by atoms with E-state index in [1.807, 2.05) is 37.3 Å². The molecule has 0 bridgehead atoms. The van der Waals surface area contributed by atoms with Gasteiger partial charge in [-0.15, -0.1) is 0 Å². The van der Waals surface area contributed by atoms with Gasteiger partial charge in [0.05, 0.1) is 0 Å². The van der Waals surface area contributed by atoms with Crippen LogP contribution in [0.2, 0.25) is 0 Å². The number of hydrogen-bond acceptors (Lipinski definition) is 3. The lowest BCUT2D eigenvalue weighted by Crippen LogP contribution is -2.19. The lowest BCUT2D eigenvalue weighted by Gasteiger charge is -2.27. The van der Waals surface area contributed by atoms with Crippen molar-refractivity contribution in [2.24, 2.45) is 0 Å². The van der Waals surface area contributed by atoms with Crippen LogP contribution in [0.25, 0.3) is 0 Å². The molecular formula is C24H24O4. The number of aromatic carboxylic acids is 1. The van der Waals surface area contributed by atoms with Crippen LogP contribution in [0.3, 0.4) is 0 Å². The Hall–Kier alpha value is -3.27. The molecule has 0 fully saturated rings. The zero-order chi connectivity index (χ0) is 20.3. The van der Waals surface area contributed by atoms with E-state index >= 15 is 0 Å². The number of carboxylic acids is 1.